The zero-order valence-electron chi connectivity index (χ0n) is 45.5. The summed E-state index contributed by atoms with van der Waals surface area (Å²) >= 11 is 0. The fourth-order valence-electron chi connectivity index (χ4n) is 15.0. The molecule has 2 aliphatic heterocycles. The van der Waals surface area contributed by atoms with Crippen molar-refractivity contribution in [3.05, 3.63) is 291 Å². The van der Waals surface area contributed by atoms with Gasteiger partial charge in [0.25, 0.3) is 6.71 Å². The molecule has 6 heteroatoms. The number of anilines is 9. The molecule has 0 amide bonds. The summed E-state index contributed by atoms with van der Waals surface area (Å²) in [6, 6.07) is 109. The Balaban J connectivity index is 0.977. The van der Waals surface area contributed by atoms with Crippen LogP contribution >= 0.6 is 0 Å². The maximum atomic E-state index is 2.59. The van der Waals surface area contributed by atoms with Crippen LogP contribution in [0, 0.1) is 0 Å². The molecule has 0 spiro atoms. The highest BCUT2D eigenvalue weighted by Crippen LogP contribution is 2.51. The van der Waals surface area contributed by atoms with E-state index < -0.39 is 0 Å². The molecule has 0 bridgehead atoms. The number of fused-ring (bicyclic) bond motifs is 16. The van der Waals surface area contributed by atoms with Crippen LogP contribution in [0.25, 0.3) is 98.4 Å². The van der Waals surface area contributed by atoms with Crippen LogP contribution in [-0.2, 0) is 0 Å². The van der Waals surface area contributed by atoms with Gasteiger partial charge in [-0.1, -0.05) is 206 Å². The molecule has 6 heterocycles. The van der Waals surface area contributed by atoms with E-state index in [0.717, 1.165) is 51.2 Å². The first-order valence-corrected chi connectivity index (χ1v) is 29.1. The van der Waals surface area contributed by atoms with Crippen molar-refractivity contribution in [2.45, 2.75) is 0 Å². The third kappa shape index (κ3) is 6.28. The quantitative estimate of drug-likeness (QED) is 0.148. The van der Waals surface area contributed by atoms with Gasteiger partial charge in [0.2, 0.25) is 0 Å². The maximum Gasteiger partial charge on any atom is 0.252 e. The standard InChI is InChI=1S/C78H48BN5/c1-5-19-49(20-6-1)51-35-39-55(40-36-51)81-72-47-70-64(62-31-17-29-60-58-27-13-15-33-68(58)83(70)77(60)62)45-66(72)79-67-46-65-63-32-18-30-61-59-28-14-16-34-69(59)84(78(61)63)71(65)48-73(67)82(56-41-37-52(38-42-56)50-21-7-2-8-22-50)75-44-57(43-74(81)76(75)79)80(53-23-9-3-10-24-53)54-25-11-4-12-26-54/h1-48H. The summed E-state index contributed by atoms with van der Waals surface area (Å²) in [5.74, 6) is 0. The Kier molecular flexibility index (Phi) is 9.36. The van der Waals surface area contributed by atoms with Gasteiger partial charge >= 0.3 is 0 Å². The highest BCUT2D eigenvalue weighted by atomic mass is 15.2. The zero-order chi connectivity index (χ0) is 54.7. The van der Waals surface area contributed by atoms with E-state index in [2.05, 4.69) is 315 Å². The van der Waals surface area contributed by atoms with E-state index in [1.807, 2.05) is 0 Å². The van der Waals surface area contributed by atoms with Gasteiger partial charge in [0.1, 0.15) is 0 Å². The molecule has 0 radical (unpaired) electrons. The summed E-state index contributed by atoms with van der Waals surface area (Å²) in [4.78, 5) is 7.63. The van der Waals surface area contributed by atoms with E-state index in [1.54, 1.807) is 0 Å². The average Bonchev–Trinajstić information content (AvgIpc) is 1.39. The summed E-state index contributed by atoms with van der Waals surface area (Å²) < 4.78 is 5.08. The van der Waals surface area contributed by atoms with Gasteiger partial charge in [-0.3, -0.25) is 0 Å². The first-order valence-electron chi connectivity index (χ1n) is 29.1. The number of hydrogen-bond donors (Lipinski definition) is 0. The van der Waals surface area contributed by atoms with Crippen LogP contribution in [0.2, 0.25) is 0 Å². The molecule has 0 saturated carbocycles. The van der Waals surface area contributed by atoms with Crippen molar-refractivity contribution >= 4 is 150 Å². The Bertz CT molecular complexity index is 5150. The highest BCUT2D eigenvalue weighted by Gasteiger charge is 2.45. The molecular weight excluding hydrogens is 1020 g/mol. The fraction of sp³-hybridized carbons (Fsp3) is 0. The third-order valence-electron chi connectivity index (χ3n) is 18.5. The van der Waals surface area contributed by atoms with Crippen LogP contribution in [0.15, 0.2) is 291 Å². The first kappa shape index (κ1) is 45.6. The molecule has 4 aromatic heterocycles. The van der Waals surface area contributed by atoms with E-state index in [4.69, 9.17) is 0 Å². The second-order valence-corrected chi connectivity index (χ2v) is 22.8. The van der Waals surface area contributed by atoms with Crippen LogP contribution in [0.1, 0.15) is 0 Å². The molecule has 388 valence electrons. The molecule has 0 aliphatic carbocycles. The van der Waals surface area contributed by atoms with Crippen LogP contribution in [0.5, 0.6) is 0 Å². The molecule has 0 saturated heterocycles. The SMILES string of the molecule is c1ccc(-c2ccc(N3c4cc5c(cc4B4c6cc7c8cccc9c%10ccccc%10n(c7cc6N(c6ccc(-c7ccccc7)cc6)c6cc(N(c7ccccc7)c7ccccc7)cc3c64)c98)c3cccc4c6ccccc6n5c43)cc2)cc1. The van der Waals surface area contributed by atoms with E-state index in [0.29, 0.717) is 0 Å². The van der Waals surface area contributed by atoms with Crippen molar-refractivity contribution in [3.8, 4) is 22.3 Å². The number of hydrogen-bond acceptors (Lipinski definition) is 3. The molecule has 0 fully saturated rings. The summed E-state index contributed by atoms with van der Waals surface area (Å²) in [6.07, 6.45) is 0. The molecule has 13 aromatic carbocycles. The zero-order valence-corrected chi connectivity index (χ0v) is 45.5. The molecule has 2 aliphatic rings. The molecule has 0 atom stereocenters. The Labute approximate surface area is 484 Å². The van der Waals surface area contributed by atoms with E-state index in [9.17, 15) is 0 Å². The fourth-order valence-corrected chi connectivity index (χ4v) is 15.0. The summed E-state index contributed by atoms with van der Waals surface area (Å²) in [5.41, 5.74) is 25.9. The lowest BCUT2D eigenvalue weighted by Crippen LogP contribution is -2.61. The van der Waals surface area contributed by atoms with Crippen molar-refractivity contribution in [1.29, 1.82) is 0 Å². The van der Waals surface area contributed by atoms with Gasteiger partial charge in [0.15, 0.2) is 0 Å². The number of rotatable bonds is 7. The van der Waals surface area contributed by atoms with Gasteiger partial charge in [0.05, 0.1) is 38.8 Å². The lowest BCUT2D eigenvalue weighted by molar-refractivity contribution is 1.23. The van der Waals surface area contributed by atoms with Crippen molar-refractivity contribution in [3.63, 3.8) is 0 Å². The topological polar surface area (TPSA) is 18.5 Å². The number of benzene rings is 13. The predicted molar refractivity (Wildman–Crippen MR) is 355 cm³/mol. The Morgan fingerprint density at radius 1 is 0.250 bits per heavy atom. The lowest BCUT2D eigenvalue weighted by Gasteiger charge is -2.45. The largest absolute Gasteiger partial charge is 0.311 e. The summed E-state index contributed by atoms with van der Waals surface area (Å²) in [6.45, 7) is -0.168. The van der Waals surface area contributed by atoms with Gasteiger partial charge in [-0.15, -0.1) is 0 Å². The second-order valence-electron chi connectivity index (χ2n) is 22.8. The van der Waals surface area contributed by atoms with Crippen LogP contribution in [0.4, 0.5) is 51.2 Å². The minimum atomic E-state index is -0.168. The summed E-state index contributed by atoms with van der Waals surface area (Å²) in [5, 5.41) is 10.2. The van der Waals surface area contributed by atoms with Crippen molar-refractivity contribution in [2.75, 3.05) is 14.7 Å². The minimum Gasteiger partial charge on any atom is -0.311 e. The van der Waals surface area contributed by atoms with Gasteiger partial charge < -0.3 is 23.5 Å². The van der Waals surface area contributed by atoms with Crippen LogP contribution in [0.3, 0.4) is 0 Å². The molecule has 17 aromatic rings. The predicted octanol–water partition coefficient (Wildman–Crippen LogP) is 18.9. The number of nitrogens with zero attached hydrogens (tertiary/aromatic N) is 5. The third-order valence-corrected chi connectivity index (χ3v) is 18.5. The highest BCUT2D eigenvalue weighted by molar-refractivity contribution is 7.00. The van der Waals surface area contributed by atoms with Gasteiger partial charge in [-0.05, 0) is 124 Å². The molecule has 0 N–H and O–H groups in total. The molecule has 0 unspecified atom stereocenters. The Hall–Kier alpha value is -11.1. The second kappa shape index (κ2) is 17.2. The average molecular weight is 1070 g/mol. The van der Waals surface area contributed by atoms with Crippen molar-refractivity contribution in [1.82, 2.24) is 8.80 Å². The minimum absolute atomic E-state index is 0.168. The molecule has 19 rings (SSSR count). The Morgan fingerprint density at radius 3 is 1.04 bits per heavy atom. The lowest BCUT2D eigenvalue weighted by atomic mass is 9.33. The Morgan fingerprint density at radius 2 is 0.607 bits per heavy atom. The van der Waals surface area contributed by atoms with Crippen LogP contribution < -0.4 is 31.1 Å². The molecular formula is C78H48BN5. The number of para-hydroxylation sites is 6. The normalized spacial score (nSPS) is 12.9. The first-order chi connectivity index (χ1) is 41.7. The molecule has 5 nitrogen and oxygen atoms in total. The van der Waals surface area contributed by atoms with Gasteiger partial charge in [-0.25, -0.2) is 0 Å². The monoisotopic (exact) mass is 1070 g/mol. The van der Waals surface area contributed by atoms with E-state index in [1.165, 1.54) is 115 Å². The van der Waals surface area contributed by atoms with Crippen molar-refractivity contribution in [2.24, 2.45) is 0 Å². The molecule has 84 heavy (non-hydrogen) atoms. The van der Waals surface area contributed by atoms with Gasteiger partial charge in [0, 0.05) is 88.6 Å². The van der Waals surface area contributed by atoms with E-state index >= 15 is 0 Å². The van der Waals surface area contributed by atoms with Crippen molar-refractivity contribution < 1.29 is 0 Å². The van der Waals surface area contributed by atoms with E-state index in [-0.39, 0.29) is 6.71 Å². The number of aromatic nitrogens is 2. The van der Waals surface area contributed by atoms with Crippen LogP contribution in [-0.4, -0.2) is 15.5 Å². The summed E-state index contributed by atoms with van der Waals surface area (Å²) in [7, 11) is 0. The van der Waals surface area contributed by atoms with Gasteiger partial charge in [-0.2, -0.15) is 0 Å². The smallest absolute Gasteiger partial charge is 0.252 e. The maximum absolute atomic E-state index is 2.59.